The van der Waals surface area contributed by atoms with Gasteiger partial charge in [0.25, 0.3) is 5.91 Å². The number of hydrogen-bond acceptors (Lipinski definition) is 3. The second-order valence-corrected chi connectivity index (χ2v) is 8.56. The van der Waals surface area contributed by atoms with Crippen molar-refractivity contribution in [3.05, 3.63) is 78.0 Å². The van der Waals surface area contributed by atoms with E-state index in [1.807, 2.05) is 42.6 Å². The lowest BCUT2D eigenvalue weighted by Gasteiger charge is -2.21. The fourth-order valence-corrected chi connectivity index (χ4v) is 4.65. The standard InChI is InChI=1S/C27H25N3O2/c1-17-8-11-23(24-7-4-14-28-26(17)24)22-6-3-5-18-15-19(9-12-21(18)22)27(32)30(2)16-20-10-13-25(31)29-20/h3-9,11-12,14-15,20H,10,13,16H2,1-2H3,(H,29,31). The van der Waals surface area contributed by atoms with Crippen LogP contribution in [0.15, 0.2) is 66.9 Å². The van der Waals surface area contributed by atoms with Crippen molar-refractivity contribution in [2.24, 2.45) is 0 Å². The Balaban J connectivity index is 1.50. The molecule has 2 heterocycles. The third kappa shape index (κ3) is 3.60. The Morgan fingerprint density at radius 1 is 1.06 bits per heavy atom. The predicted octanol–water partition coefficient (Wildman–Crippen LogP) is 4.71. The van der Waals surface area contributed by atoms with Gasteiger partial charge in [0.05, 0.1) is 5.52 Å². The Morgan fingerprint density at radius 2 is 1.91 bits per heavy atom. The highest BCUT2D eigenvalue weighted by Gasteiger charge is 2.24. The molecule has 1 aliphatic heterocycles. The van der Waals surface area contributed by atoms with Gasteiger partial charge < -0.3 is 10.2 Å². The van der Waals surface area contributed by atoms with Gasteiger partial charge in [-0.2, -0.15) is 0 Å². The molecule has 1 aromatic heterocycles. The molecular formula is C27H25N3O2. The molecule has 0 radical (unpaired) electrons. The monoisotopic (exact) mass is 423 g/mol. The van der Waals surface area contributed by atoms with Crippen LogP contribution in [0.5, 0.6) is 0 Å². The van der Waals surface area contributed by atoms with Crippen LogP contribution < -0.4 is 5.32 Å². The lowest BCUT2D eigenvalue weighted by Crippen LogP contribution is -2.39. The molecule has 5 rings (SSSR count). The summed E-state index contributed by atoms with van der Waals surface area (Å²) in [6, 6.07) is 20.5. The molecule has 1 unspecified atom stereocenters. The topological polar surface area (TPSA) is 62.3 Å². The highest BCUT2D eigenvalue weighted by molar-refractivity contribution is 6.07. The highest BCUT2D eigenvalue weighted by atomic mass is 16.2. The number of nitrogens with zero attached hydrogens (tertiary/aromatic N) is 2. The number of carbonyl (C=O) groups is 2. The van der Waals surface area contributed by atoms with E-state index in [4.69, 9.17) is 0 Å². The normalized spacial score (nSPS) is 15.8. The minimum atomic E-state index is -0.0385. The number of hydrogen-bond donors (Lipinski definition) is 1. The lowest BCUT2D eigenvalue weighted by molar-refractivity contribution is -0.119. The second-order valence-electron chi connectivity index (χ2n) is 8.56. The minimum absolute atomic E-state index is 0.0342. The summed E-state index contributed by atoms with van der Waals surface area (Å²) < 4.78 is 0. The molecule has 2 amide bonds. The zero-order chi connectivity index (χ0) is 22.2. The van der Waals surface area contributed by atoms with Gasteiger partial charge in [-0.25, -0.2) is 0 Å². The zero-order valence-electron chi connectivity index (χ0n) is 18.3. The minimum Gasteiger partial charge on any atom is -0.352 e. The van der Waals surface area contributed by atoms with E-state index in [1.54, 1.807) is 11.9 Å². The predicted molar refractivity (Wildman–Crippen MR) is 128 cm³/mol. The van der Waals surface area contributed by atoms with Crippen LogP contribution >= 0.6 is 0 Å². The average Bonchev–Trinajstić information content (AvgIpc) is 3.22. The molecule has 4 aromatic rings. The van der Waals surface area contributed by atoms with Crippen molar-refractivity contribution in [1.82, 2.24) is 15.2 Å². The largest absolute Gasteiger partial charge is 0.352 e. The van der Waals surface area contributed by atoms with Gasteiger partial charge in [0.15, 0.2) is 0 Å². The quantitative estimate of drug-likeness (QED) is 0.517. The van der Waals surface area contributed by atoms with Gasteiger partial charge >= 0.3 is 0 Å². The molecule has 5 nitrogen and oxygen atoms in total. The first-order chi connectivity index (χ1) is 15.5. The lowest BCUT2D eigenvalue weighted by atomic mass is 9.93. The maximum atomic E-state index is 13.0. The van der Waals surface area contributed by atoms with Gasteiger partial charge in [0.2, 0.25) is 5.91 Å². The first-order valence-corrected chi connectivity index (χ1v) is 10.9. The van der Waals surface area contributed by atoms with Gasteiger partial charge in [-0.1, -0.05) is 42.5 Å². The number of likely N-dealkylation sites (N-methyl/N-ethyl adjacent to an activating group) is 1. The Bertz CT molecular complexity index is 1360. The summed E-state index contributed by atoms with van der Waals surface area (Å²) in [5, 5.41) is 6.17. The Labute approximate surface area is 187 Å². The molecule has 1 N–H and O–H groups in total. The number of nitrogens with one attached hydrogen (secondary N) is 1. The van der Waals surface area contributed by atoms with Gasteiger partial charge in [0, 0.05) is 43.2 Å². The van der Waals surface area contributed by atoms with Crippen LogP contribution in [0.2, 0.25) is 0 Å². The Kier molecular flexibility index (Phi) is 5.10. The van der Waals surface area contributed by atoms with E-state index in [9.17, 15) is 9.59 Å². The number of rotatable bonds is 4. The number of aryl methyl sites for hydroxylation is 1. The van der Waals surface area contributed by atoms with Crippen molar-refractivity contribution in [2.75, 3.05) is 13.6 Å². The number of carbonyl (C=O) groups excluding carboxylic acids is 2. The van der Waals surface area contributed by atoms with Crippen LogP contribution in [-0.2, 0) is 4.79 Å². The van der Waals surface area contributed by atoms with Crippen LogP contribution in [0.1, 0.15) is 28.8 Å². The van der Waals surface area contributed by atoms with Gasteiger partial charge in [-0.05, 0) is 59.0 Å². The molecule has 160 valence electrons. The number of benzene rings is 3. The van der Waals surface area contributed by atoms with Crippen LogP contribution in [0.3, 0.4) is 0 Å². The molecule has 1 saturated heterocycles. The fraction of sp³-hybridized carbons (Fsp3) is 0.222. The molecule has 0 bridgehead atoms. The zero-order valence-corrected chi connectivity index (χ0v) is 18.3. The number of aromatic nitrogens is 1. The van der Waals surface area contributed by atoms with E-state index < -0.39 is 0 Å². The second kappa shape index (κ2) is 8.08. The van der Waals surface area contributed by atoms with Crippen LogP contribution in [0.25, 0.3) is 32.8 Å². The highest BCUT2D eigenvalue weighted by Crippen LogP contribution is 2.34. The number of fused-ring (bicyclic) bond motifs is 2. The first-order valence-electron chi connectivity index (χ1n) is 10.9. The fourth-order valence-electron chi connectivity index (χ4n) is 4.65. The molecular weight excluding hydrogens is 398 g/mol. The van der Waals surface area contributed by atoms with Crippen molar-refractivity contribution in [1.29, 1.82) is 0 Å². The molecule has 1 fully saturated rings. The molecule has 0 aliphatic carbocycles. The van der Waals surface area contributed by atoms with Crippen LogP contribution in [0.4, 0.5) is 0 Å². The summed E-state index contributed by atoms with van der Waals surface area (Å²) in [5.41, 5.74) is 5.07. The summed E-state index contributed by atoms with van der Waals surface area (Å²) in [7, 11) is 1.79. The van der Waals surface area contributed by atoms with Crippen molar-refractivity contribution >= 4 is 33.5 Å². The van der Waals surface area contributed by atoms with Crippen molar-refractivity contribution in [3.8, 4) is 11.1 Å². The summed E-state index contributed by atoms with van der Waals surface area (Å²) in [4.78, 5) is 30.8. The van der Waals surface area contributed by atoms with Gasteiger partial charge in [0.1, 0.15) is 0 Å². The maximum absolute atomic E-state index is 13.0. The third-order valence-electron chi connectivity index (χ3n) is 6.31. The van der Waals surface area contributed by atoms with E-state index in [0.717, 1.165) is 44.8 Å². The van der Waals surface area contributed by atoms with E-state index in [1.165, 1.54) is 0 Å². The summed E-state index contributed by atoms with van der Waals surface area (Å²) >= 11 is 0. The summed E-state index contributed by atoms with van der Waals surface area (Å²) in [6.45, 7) is 2.60. The van der Waals surface area contributed by atoms with Crippen molar-refractivity contribution in [3.63, 3.8) is 0 Å². The van der Waals surface area contributed by atoms with E-state index in [-0.39, 0.29) is 17.9 Å². The van der Waals surface area contributed by atoms with Crippen molar-refractivity contribution < 1.29 is 9.59 Å². The van der Waals surface area contributed by atoms with E-state index in [2.05, 4.69) is 41.5 Å². The first kappa shape index (κ1) is 20.2. The van der Waals surface area contributed by atoms with E-state index in [0.29, 0.717) is 18.5 Å². The van der Waals surface area contributed by atoms with Crippen LogP contribution in [-0.4, -0.2) is 41.3 Å². The third-order valence-corrected chi connectivity index (χ3v) is 6.31. The molecule has 3 aromatic carbocycles. The smallest absolute Gasteiger partial charge is 0.253 e. The maximum Gasteiger partial charge on any atom is 0.253 e. The number of amides is 2. The molecule has 1 aliphatic rings. The van der Waals surface area contributed by atoms with Gasteiger partial charge in [-0.3, -0.25) is 14.6 Å². The van der Waals surface area contributed by atoms with E-state index >= 15 is 0 Å². The van der Waals surface area contributed by atoms with Crippen LogP contribution in [0, 0.1) is 6.92 Å². The summed E-state index contributed by atoms with van der Waals surface area (Å²) in [6.07, 6.45) is 3.14. The SMILES string of the molecule is Cc1ccc(-c2cccc3cc(C(=O)N(C)CC4CCC(=O)N4)ccc23)c2cccnc12. The summed E-state index contributed by atoms with van der Waals surface area (Å²) in [5.74, 6) is 0.0244. The van der Waals surface area contributed by atoms with Crippen molar-refractivity contribution in [2.45, 2.75) is 25.8 Å². The molecule has 5 heteroatoms. The average molecular weight is 424 g/mol. The molecule has 0 saturated carbocycles. The number of pyridine rings is 1. The molecule has 1 atom stereocenters. The molecule has 32 heavy (non-hydrogen) atoms. The molecule has 0 spiro atoms. The van der Waals surface area contributed by atoms with Gasteiger partial charge in [-0.15, -0.1) is 0 Å². The Morgan fingerprint density at radius 3 is 2.72 bits per heavy atom. The Hall–Kier alpha value is -3.73.